The van der Waals surface area contributed by atoms with Crippen LogP contribution in [0.3, 0.4) is 0 Å². The molecule has 2 rings (SSSR count). The summed E-state index contributed by atoms with van der Waals surface area (Å²) < 4.78 is 48.5. The van der Waals surface area contributed by atoms with Gasteiger partial charge >= 0.3 is 6.18 Å². The van der Waals surface area contributed by atoms with Gasteiger partial charge in [-0.15, -0.1) is 0 Å². The Hall–Kier alpha value is -0.880. The fourth-order valence-corrected chi connectivity index (χ4v) is 3.39. The number of nitrogens with zero attached hydrogens (tertiary/aromatic N) is 1. The molecule has 1 aromatic rings. The Labute approximate surface area is 119 Å². The number of alkyl halides is 3. The molecule has 1 heterocycles. The van der Waals surface area contributed by atoms with Crippen LogP contribution in [0.25, 0.3) is 0 Å². The molecule has 0 saturated carbocycles. The summed E-state index contributed by atoms with van der Waals surface area (Å²) in [5.41, 5.74) is 0.332. The van der Waals surface area contributed by atoms with E-state index in [-0.39, 0.29) is 0 Å². The van der Waals surface area contributed by atoms with Crippen molar-refractivity contribution in [2.45, 2.75) is 19.0 Å². The van der Waals surface area contributed by atoms with Gasteiger partial charge in [-0.25, -0.2) is 0 Å². The molecule has 0 aliphatic carbocycles. The lowest BCUT2D eigenvalue weighted by Gasteiger charge is -2.25. The van der Waals surface area contributed by atoms with Crippen molar-refractivity contribution in [3.8, 4) is 0 Å². The molecule has 0 amide bonds. The van der Waals surface area contributed by atoms with E-state index in [9.17, 15) is 17.4 Å². The Kier molecular flexibility index (Phi) is 5.21. The van der Waals surface area contributed by atoms with Gasteiger partial charge in [-0.3, -0.25) is 4.21 Å². The largest absolute Gasteiger partial charge is 0.416 e. The van der Waals surface area contributed by atoms with Gasteiger partial charge < -0.3 is 4.90 Å². The minimum atomic E-state index is -4.26. The molecule has 2 nitrogen and oxygen atoms in total. The Morgan fingerprint density at radius 1 is 1.10 bits per heavy atom. The number of rotatable bonds is 4. The summed E-state index contributed by atoms with van der Waals surface area (Å²) in [6.45, 7) is 2.64. The molecule has 0 N–H and O–H groups in total. The molecule has 0 radical (unpaired) electrons. The van der Waals surface area contributed by atoms with Gasteiger partial charge in [0.2, 0.25) is 0 Å². The minimum Gasteiger partial charge on any atom is -0.301 e. The van der Waals surface area contributed by atoms with E-state index in [0.29, 0.717) is 0 Å². The molecule has 1 fully saturated rings. The maximum absolute atomic E-state index is 12.4. The molecule has 1 saturated heterocycles. The quantitative estimate of drug-likeness (QED) is 0.852. The first-order valence-electron chi connectivity index (χ1n) is 6.68. The summed E-state index contributed by atoms with van der Waals surface area (Å²) in [5.74, 6) is 1.47. The highest BCUT2D eigenvalue weighted by atomic mass is 32.2. The first kappa shape index (κ1) is 15.5. The summed E-state index contributed by atoms with van der Waals surface area (Å²) in [6.07, 6.45) is -2.57. The Balaban J connectivity index is 1.75. The van der Waals surface area contributed by atoms with Gasteiger partial charge in [-0.1, -0.05) is 12.1 Å². The maximum atomic E-state index is 12.4. The second-order valence-electron chi connectivity index (χ2n) is 4.99. The lowest BCUT2D eigenvalue weighted by atomic mass is 10.1. The van der Waals surface area contributed by atoms with Crippen LogP contribution < -0.4 is 0 Å². The predicted octanol–water partition coefficient (Wildman–Crippen LogP) is 2.70. The zero-order valence-electron chi connectivity index (χ0n) is 11.2. The second kappa shape index (κ2) is 6.72. The highest BCUT2D eigenvalue weighted by Gasteiger charge is 2.29. The lowest BCUT2D eigenvalue weighted by Crippen LogP contribution is -2.38. The molecule has 0 atom stereocenters. The van der Waals surface area contributed by atoms with Crippen LogP contribution in [0.2, 0.25) is 0 Å². The number of hydrogen-bond donors (Lipinski definition) is 0. The number of benzene rings is 1. The van der Waals surface area contributed by atoms with Gasteiger partial charge in [0, 0.05) is 35.4 Å². The van der Waals surface area contributed by atoms with Crippen molar-refractivity contribution < 1.29 is 17.4 Å². The normalized spacial score (nSPS) is 18.4. The molecule has 112 valence electrons. The first-order chi connectivity index (χ1) is 9.45. The van der Waals surface area contributed by atoms with Crippen LogP contribution in [0.1, 0.15) is 17.5 Å². The Bertz CT molecular complexity index is 448. The number of aryl methyl sites for hydroxylation is 1. The van der Waals surface area contributed by atoms with E-state index in [2.05, 4.69) is 4.90 Å². The number of hydrogen-bond acceptors (Lipinski definition) is 2. The summed E-state index contributed by atoms with van der Waals surface area (Å²) in [4.78, 5) is 2.27. The molecule has 1 aromatic carbocycles. The fraction of sp³-hybridized carbons (Fsp3) is 0.571. The van der Waals surface area contributed by atoms with Crippen LogP contribution in [0.5, 0.6) is 0 Å². The van der Waals surface area contributed by atoms with Gasteiger partial charge in [-0.05, 0) is 37.1 Å². The highest BCUT2D eigenvalue weighted by Crippen LogP contribution is 2.29. The standard InChI is InChI=1S/C14H18F3NOS/c15-14(16,17)13-5-3-12(4-6-13)2-1-7-18-8-10-20(19)11-9-18/h3-6H,1-2,7-11H2. The highest BCUT2D eigenvalue weighted by molar-refractivity contribution is 7.85. The van der Waals surface area contributed by atoms with E-state index in [4.69, 9.17) is 0 Å². The van der Waals surface area contributed by atoms with Crippen LogP contribution in [0, 0.1) is 0 Å². The van der Waals surface area contributed by atoms with E-state index in [1.165, 1.54) is 0 Å². The lowest BCUT2D eigenvalue weighted by molar-refractivity contribution is -0.137. The van der Waals surface area contributed by atoms with Crippen molar-refractivity contribution in [2.75, 3.05) is 31.1 Å². The summed E-state index contributed by atoms with van der Waals surface area (Å²) >= 11 is 0. The van der Waals surface area contributed by atoms with Crippen LogP contribution in [-0.4, -0.2) is 40.2 Å². The molecule has 0 aromatic heterocycles. The van der Waals surface area contributed by atoms with Crippen LogP contribution >= 0.6 is 0 Å². The second-order valence-corrected chi connectivity index (χ2v) is 6.68. The molecule has 0 bridgehead atoms. The minimum absolute atomic E-state index is 0.597. The molecule has 0 unspecified atom stereocenters. The van der Waals surface area contributed by atoms with Crippen molar-refractivity contribution in [1.82, 2.24) is 4.90 Å². The van der Waals surface area contributed by atoms with Crippen LogP contribution in [0.4, 0.5) is 13.2 Å². The molecule has 6 heteroatoms. The zero-order chi connectivity index (χ0) is 14.6. The van der Waals surface area contributed by atoms with E-state index in [1.807, 2.05) is 0 Å². The van der Waals surface area contributed by atoms with Crippen molar-refractivity contribution in [3.63, 3.8) is 0 Å². The van der Waals surface area contributed by atoms with Gasteiger partial charge in [0.1, 0.15) is 0 Å². The Morgan fingerprint density at radius 3 is 2.25 bits per heavy atom. The topological polar surface area (TPSA) is 20.3 Å². The van der Waals surface area contributed by atoms with Crippen molar-refractivity contribution in [1.29, 1.82) is 0 Å². The Morgan fingerprint density at radius 2 is 1.70 bits per heavy atom. The summed E-state index contributed by atoms with van der Waals surface area (Å²) in [5, 5.41) is 0. The van der Waals surface area contributed by atoms with Crippen molar-refractivity contribution in [2.24, 2.45) is 0 Å². The van der Waals surface area contributed by atoms with Gasteiger partial charge in [0.15, 0.2) is 0 Å². The summed E-state index contributed by atoms with van der Waals surface area (Å²) in [7, 11) is -0.662. The zero-order valence-corrected chi connectivity index (χ0v) is 12.0. The fourth-order valence-electron chi connectivity index (χ4n) is 2.27. The average molecular weight is 305 g/mol. The van der Waals surface area contributed by atoms with Gasteiger partial charge in [0.05, 0.1) is 5.56 Å². The van der Waals surface area contributed by atoms with Crippen LogP contribution in [-0.2, 0) is 23.4 Å². The molecule has 20 heavy (non-hydrogen) atoms. The third kappa shape index (κ3) is 4.59. The van der Waals surface area contributed by atoms with E-state index < -0.39 is 22.5 Å². The van der Waals surface area contributed by atoms with Crippen LogP contribution in [0.15, 0.2) is 24.3 Å². The molecular formula is C14H18F3NOS. The van der Waals surface area contributed by atoms with Gasteiger partial charge in [0.25, 0.3) is 0 Å². The van der Waals surface area contributed by atoms with Crippen molar-refractivity contribution in [3.05, 3.63) is 35.4 Å². The van der Waals surface area contributed by atoms with E-state index >= 15 is 0 Å². The third-order valence-corrected chi connectivity index (χ3v) is 4.77. The SMILES string of the molecule is O=S1CCN(CCCc2ccc(C(F)(F)F)cc2)CC1. The number of halogens is 3. The van der Waals surface area contributed by atoms with E-state index in [1.54, 1.807) is 12.1 Å². The smallest absolute Gasteiger partial charge is 0.301 e. The molecule has 0 spiro atoms. The predicted molar refractivity (Wildman–Crippen MR) is 74.1 cm³/mol. The van der Waals surface area contributed by atoms with Gasteiger partial charge in [-0.2, -0.15) is 13.2 Å². The molecule has 1 aliphatic heterocycles. The third-order valence-electron chi connectivity index (χ3n) is 3.49. The first-order valence-corrected chi connectivity index (χ1v) is 8.17. The molecule has 1 aliphatic rings. The van der Waals surface area contributed by atoms with Crippen molar-refractivity contribution >= 4 is 10.8 Å². The van der Waals surface area contributed by atoms with E-state index in [0.717, 1.165) is 61.7 Å². The maximum Gasteiger partial charge on any atom is 0.416 e. The average Bonchev–Trinajstić information content (AvgIpc) is 2.41. The summed E-state index contributed by atoms with van der Waals surface area (Å²) in [6, 6.07) is 5.38. The molecular weight excluding hydrogens is 287 g/mol. The monoisotopic (exact) mass is 305 g/mol.